The molecular formula is C9H10N4O5S. The standard InChI is InChI=1S/C9H10N4O5S/c14-9(15)7-3-6(4-10-7)19(16,17)12-2-1-8-11-5-18-13-8/h3-5,10,12H,1-2H2,(H,14,15). The second kappa shape index (κ2) is 5.20. The first-order valence-corrected chi connectivity index (χ1v) is 6.64. The molecule has 0 amide bonds. The van der Waals surface area contributed by atoms with Gasteiger partial charge in [0.1, 0.15) is 10.6 Å². The van der Waals surface area contributed by atoms with Crippen LogP contribution in [0, 0.1) is 0 Å². The molecule has 0 aliphatic carbocycles. The number of nitrogens with one attached hydrogen (secondary N) is 2. The second-order valence-corrected chi connectivity index (χ2v) is 5.32. The third-order valence-electron chi connectivity index (χ3n) is 2.24. The first-order valence-electron chi connectivity index (χ1n) is 5.15. The van der Waals surface area contributed by atoms with E-state index in [0.29, 0.717) is 5.82 Å². The van der Waals surface area contributed by atoms with E-state index >= 15 is 0 Å². The molecule has 0 saturated carbocycles. The molecule has 9 nitrogen and oxygen atoms in total. The number of aromatic carboxylic acids is 1. The van der Waals surface area contributed by atoms with Crippen LogP contribution in [-0.2, 0) is 16.4 Å². The Bertz CT molecular complexity index is 661. The highest BCUT2D eigenvalue weighted by molar-refractivity contribution is 7.89. The molecule has 2 aromatic rings. The summed E-state index contributed by atoms with van der Waals surface area (Å²) in [6, 6.07) is 1.04. The van der Waals surface area contributed by atoms with Gasteiger partial charge in [-0.15, -0.1) is 0 Å². The smallest absolute Gasteiger partial charge is 0.352 e. The van der Waals surface area contributed by atoms with Gasteiger partial charge < -0.3 is 14.6 Å². The highest BCUT2D eigenvalue weighted by Gasteiger charge is 2.17. The van der Waals surface area contributed by atoms with Crippen LogP contribution >= 0.6 is 0 Å². The lowest BCUT2D eigenvalue weighted by Crippen LogP contribution is -2.25. The minimum Gasteiger partial charge on any atom is -0.477 e. The molecule has 0 fully saturated rings. The number of aromatic amines is 1. The average molecular weight is 286 g/mol. The first kappa shape index (κ1) is 13.2. The van der Waals surface area contributed by atoms with Gasteiger partial charge in [-0.3, -0.25) is 0 Å². The fourth-order valence-corrected chi connectivity index (χ4v) is 2.36. The van der Waals surface area contributed by atoms with Crippen LogP contribution in [0.25, 0.3) is 0 Å². The normalized spacial score (nSPS) is 11.6. The molecule has 0 aromatic carbocycles. The summed E-state index contributed by atoms with van der Waals surface area (Å²) >= 11 is 0. The van der Waals surface area contributed by atoms with Gasteiger partial charge in [0.25, 0.3) is 0 Å². The van der Waals surface area contributed by atoms with E-state index in [1.165, 1.54) is 0 Å². The number of carbonyl (C=O) groups is 1. The third-order valence-corrected chi connectivity index (χ3v) is 3.69. The van der Waals surface area contributed by atoms with Crippen LogP contribution in [0.1, 0.15) is 16.3 Å². The van der Waals surface area contributed by atoms with Gasteiger partial charge in [0.05, 0.1) is 0 Å². The van der Waals surface area contributed by atoms with Crippen LogP contribution in [0.3, 0.4) is 0 Å². The Labute approximate surface area is 107 Å². The number of hydrogen-bond acceptors (Lipinski definition) is 6. The van der Waals surface area contributed by atoms with Crippen LogP contribution in [0.15, 0.2) is 28.1 Å². The highest BCUT2D eigenvalue weighted by Crippen LogP contribution is 2.10. The molecule has 2 heterocycles. The van der Waals surface area contributed by atoms with Gasteiger partial charge in [-0.2, -0.15) is 4.98 Å². The lowest BCUT2D eigenvalue weighted by atomic mass is 10.4. The fourth-order valence-electron chi connectivity index (χ4n) is 1.34. The number of rotatable bonds is 6. The first-order chi connectivity index (χ1) is 8.99. The van der Waals surface area contributed by atoms with Crippen LogP contribution in [0.4, 0.5) is 0 Å². The Morgan fingerprint density at radius 1 is 1.53 bits per heavy atom. The van der Waals surface area contributed by atoms with Crippen molar-refractivity contribution in [2.75, 3.05) is 6.54 Å². The zero-order valence-electron chi connectivity index (χ0n) is 9.53. The molecule has 0 unspecified atom stereocenters. The molecule has 10 heteroatoms. The second-order valence-electron chi connectivity index (χ2n) is 3.55. The van der Waals surface area contributed by atoms with Crippen molar-refractivity contribution in [1.82, 2.24) is 19.8 Å². The van der Waals surface area contributed by atoms with E-state index in [0.717, 1.165) is 18.7 Å². The molecule has 0 bridgehead atoms. The van der Waals surface area contributed by atoms with E-state index in [2.05, 4.69) is 24.4 Å². The van der Waals surface area contributed by atoms with Crippen LogP contribution < -0.4 is 4.72 Å². The quantitative estimate of drug-likeness (QED) is 0.657. The van der Waals surface area contributed by atoms with Crippen molar-refractivity contribution in [3.05, 3.63) is 30.2 Å². The molecule has 19 heavy (non-hydrogen) atoms. The molecule has 0 aliphatic heterocycles. The zero-order valence-corrected chi connectivity index (χ0v) is 10.3. The lowest BCUT2D eigenvalue weighted by Gasteiger charge is -2.02. The van der Waals surface area contributed by atoms with Crippen molar-refractivity contribution in [3.63, 3.8) is 0 Å². The van der Waals surface area contributed by atoms with Gasteiger partial charge in [0, 0.05) is 19.2 Å². The van der Waals surface area contributed by atoms with Gasteiger partial charge in [0.2, 0.25) is 16.4 Å². The van der Waals surface area contributed by atoms with Crippen molar-refractivity contribution < 1.29 is 22.8 Å². The van der Waals surface area contributed by atoms with E-state index < -0.39 is 16.0 Å². The van der Waals surface area contributed by atoms with E-state index in [9.17, 15) is 13.2 Å². The Balaban J connectivity index is 1.99. The largest absolute Gasteiger partial charge is 0.477 e. The number of hydrogen-bond donors (Lipinski definition) is 3. The monoisotopic (exact) mass is 286 g/mol. The number of sulfonamides is 1. The van der Waals surface area contributed by atoms with Crippen molar-refractivity contribution >= 4 is 16.0 Å². The maximum Gasteiger partial charge on any atom is 0.352 e. The summed E-state index contributed by atoms with van der Waals surface area (Å²) in [5.74, 6) is -0.851. The summed E-state index contributed by atoms with van der Waals surface area (Å²) in [6.45, 7) is 0.0788. The highest BCUT2D eigenvalue weighted by atomic mass is 32.2. The van der Waals surface area contributed by atoms with Gasteiger partial charge >= 0.3 is 5.97 Å². The van der Waals surface area contributed by atoms with Gasteiger partial charge in [-0.25, -0.2) is 17.9 Å². The predicted molar refractivity (Wildman–Crippen MR) is 60.9 cm³/mol. The van der Waals surface area contributed by atoms with Crippen LogP contribution in [0.2, 0.25) is 0 Å². The molecule has 0 atom stereocenters. The molecular weight excluding hydrogens is 276 g/mol. The minimum absolute atomic E-state index is 0.0788. The maximum atomic E-state index is 11.8. The van der Waals surface area contributed by atoms with Crippen molar-refractivity contribution in [2.45, 2.75) is 11.3 Å². The van der Waals surface area contributed by atoms with Crippen LogP contribution in [0.5, 0.6) is 0 Å². The summed E-state index contributed by atoms with van der Waals surface area (Å²) in [5, 5.41) is 12.2. The SMILES string of the molecule is O=C(O)c1cc(S(=O)(=O)NCCc2ncon2)c[nH]1. The molecule has 3 N–H and O–H groups in total. The average Bonchev–Trinajstić information content (AvgIpc) is 2.99. The Hall–Kier alpha value is -2.20. The molecule has 0 spiro atoms. The van der Waals surface area contributed by atoms with Crippen molar-refractivity contribution in [3.8, 4) is 0 Å². The summed E-state index contributed by atoms with van der Waals surface area (Å²) in [4.78, 5) is 16.6. The minimum atomic E-state index is -3.76. The predicted octanol–water partition coefficient (Wildman–Crippen LogP) is -0.383. The van der Waals surface area contributed by atoms with Crippen molar-refractivity contribution in [2.24, 2.45) is 0 Å². The Morgan fingerprint density at radius 2 is 2.32 bits per heavy atom. The summed E-state index contributed by atoms with van der Waals surface area (Å²) in [7, 11) is -3.76. The number of nitrogens with zero attached hydrogens (tertiary/aromatic N) is 2. The van der Waals surface area contributed by atoms with E-state index in [-0.39, 0.29) is 23.6 Å². The summed E-state index contributed by atoms with van der Waals surface area (Å²) in [6.07, 6.45) is 2.53. The topological polar surface area (TPSA) is 138 Å². The number of carboxylic acid groups (broad SMARTS) is 1. The fraction of sp³-hybridized carbons (Fsp3) is 0.222. The van der Waals surface area contributed by atoms with Gasteiger partial charge in [-0.05, 0) is 6.07 Å². The lowest BCUT2D eigenvalue weighted by molar-refractivity contribution is 0.0691. The molecule has 0 radical (unpaired) electrons. The van der Waals surface area contributed by atoms with E-state index in [4.69, 9.17) is 5.11 Å². The van der Waals surface area contributed by atoms with E-state index in [1.54, 1.807) is 0 Å². The molecule has 0 aliphatic rings. The van der Waals surface area contributed by atoms with Crippen LogP contribution in [-0.4, -0.2) is 41.2 Å². The van der Waals surface area contributed by atoms with Crippen molar-refractivity contribution in [1.29, 1.82) is 0 Å². The number of H-pyrrole nitrogens is 1. The number of carboxylic acids is 1. The van der Waals surface area contributed by atoms with Gasteiger partial charge in [-0.1, -0.05) is 5.16 Å². The van der Waals surface area contributed by atoms with Gasteiger partial charge in [0.15, 0.2) is 5.82 Å². The Morgan fingerprint density at radius 3 is 2.89 bits per heavy atom. The molecule has 0 saturated heterocycles. The Kier molecular flexibility index (Phi) is 3.62. The number of aromatic nitrogens is 3. The molecule has 2 aromatic heterocycles. The van der Waals surface area contributed by atoms with E-state index in [1.807, 2.05) is 0 Å². The molecule has 2 rings (SSSR count). The summed E-state index contributed by atoms with van der Waals surface area (Å²) in [5.41, 5.74) is -0.196. The third kappa shape index (κ3) is 3.17. The maximum absolute atomic E-state index is 11.8. The molecule has 102 valence electrons. The summed E-state index contributed by atoms with van der Waals surface area (Å²) < 4.78 is 30.4. The zero-order chi connectivity index (χ0) is 13.9.